The Hall–Kier alpha value is -2.30. The molecule has 118 valence electrons. The first-order chi connectivity index (χ1) is 10.3. The number of carbonyl (C=O) groups excluding carboxylic acids is 1. The summed E-state index contributed by atoms with van der Waals surface area (Å²) in [7, 11) is 1.44. The fourth-order valence-corrected chi connectivity index (χ4v) is 2.76. The third-order valence-electron chi connectivity index (χ3n) is 3.66. The molecule has 5 heteroatoms. The molecule has 0 aliphatic carbocycles. The first kappa shape index (κ1) is 16.1. The molecular formula is C17H21FN2O2. The van der Waals surface area contributed by atoms with E-state index in [-0.39, 0.29) is 11.9 Å². The van der Waals surface area contributed by atoms with Gasteiger partial charge in [0.05, 0.1) is 18.4 Å². The van der Waals surface area contributed by atoms with Gasteiger partial charge in [-0.05, 0) is 45.9 Å². The second-order valence-electron chi connectivity index (χ2n) is 5.55. The van der Waals surface area contributed by atoms with Crippen molar-refractivity contribution in [3.8, 4) is 5.75 Å². The standard InChI is InChI=1S/C17H21FN2O2/c1-10(2)20-11(3)8-14(12(20)4)17(21)19-15-7-6-13(18)9-16(15)22-5/h6-10H,1-5H3,(H,19,21). The van der Waals surface area contributed by atoms with Crippen LogP contribution in [0.25, 0.3) is 0 Å². The van der Waals surface area contributed by atoms with Crippen molar-refractivity contribution in [3.05, 3.63) is 47.0 Å². The van der Waals surface area contributed by atoms with Crippen LogP contribution in [-0.4, -0.2) is 17.6 Å². The van der Waals surface area contributed by atoms with Crippen molar-refractivity contribution in [3.63, 3.8) is 0 Å². The third-order valence-corrected chi connectivity index (χ3v) is 3.66. The van der Waals surface area contributed by atoms with Crippen LogP contribution in [0.15, 0.2) is 24.3 Å². The van der Waals surface area contributed by atoms with Gasteiger partial charge < -0.3 is 14.6 Å². The minimum absolute atomic E-state index is 0.232. The van der Waals surface area contributed by atoms with Gasteiger partial charge in [-0.15, -0.1) is 0 Å². The number of methoxy groups -OCH3 is 1. The maximum absolute atomic E-state index is 13.2. The lowest BCUT2D eigenvalue weighted by Crippen LogP contribution is -2.14. The largest absolute Gasteiger partial charge is 0.494 e. The molecule has 0 radical (unpaired) electrons. The second-order valence-corrected chi connectivity index (χ2v) is 5.55. The zero-order chi connectivity index (χ0) is 16.4. The number of hydrogen-bond acceptors (Lipinski definition) is 2. The average Bonchev–Trinajstić information content (AvgIpc) is 2.75. The summed E-state index contributed by atoms with van der Waals surface area (Å²) in [6.07, 6.45) is 0. The highest BCUT2D eigenvalue weighted by Crippen LogP contribution is 2.27. The molecule has 2 rings (SSSR count). The molecule has 0 unspecified atom stereocenters. The quantitative estimate of drug-likeness (QED) is 0.924. The number of aryl methyl sites for hydroxylation is 1. The van der Waals surface area contributed by atoms with Crippen LogP contribution in [-0.2, 0) is 0 Å². The number of anilines is 1. The van der Waals surface area contributed by atoms with E-state index >= 15 is 0 Å². The Balaban J connectivity index is 2.33. The molecule has 0 aliphatic rings. The highest BCUT2D eigenvalue weighted by Gasteiger charge is 2.18. The molecule has 1 aromatic heterocycles. The maximum Gasteiger partial charge on any atom is 0.257 e. The van der Waals surface area contributed by atoms with E-state index < -0.39 is 5.82 Å². The molecule has 0 aliphatic heterocycles. The lowest BCUT2D eigenvalue weighted by Gasteiger charge is -2.14. The summed E-state index contributed by atoms with van der Waals surface area (Å²) in [5, 5.41) is 2.78. The van der Waals surface area contributed by atoms with E-state index in [0.29, 0.717) is 17.0 Å². The van der Waals surface area contributed by atoms with Crippen LogP contribution in [0.3, 0.4) is 0 Å². The van der Waals surface area contributed by atoms with Gasteiger partial charge in [0, 0.05) is 23.5 Å². The van der Waals surface area contributed by atoms with Gasteiger partial charge >= 0.3 is 0 Å². The number of rotatable bonds is 4. The van der Waals surface area contributed by atoms with Gasteiger partial charge in [-0.3, -0.25) is 4.79 Å². The Labute approximate surface area is 129 Å². The molecule has 1 N–H and O–H groups in total. The normalized spacial score (nSPS) is 10.9. The zero-order valence-electron chi connectivity index (χ0n) is 13.5. The van der Waals surface area contributed by atoms with Gasteiger partial charge in [0.2, 0.25) is 0 Å². The van der Waals surface area contributed by atoms with Crippen LogP contribution in [0.5, 0.6) is 5.75 Å². The average molecular weight is 304 g/mol. The van der Waals surface area contributed by atoms with Crippen molar-refractivity contribution in [1.29, 1.82) is 0 Å². The first-order valence-corrected chi connectivity index (χ1v) is 7.18. The summed E-state index contributed by atoms with van der Waals surface area (Å²) >= 11 is 0. The van der Waals surface area contributed by atoms with E-state index in [1.54, 1.807) is 0 Å². The molecule has 22 heavy (non-hydrogen) atoms. The van der Waals surface area contributed by atoms with Gasteiger partial charge in [0.1, 0.15) is 11.6 Å². The summed E-state index contributed by atoms with van der Waals surface area (Å²) in [5.41, 5.74) is 3.00. The smallest absolute Gasteiger partial charge is 0.257 e. The van der Waals surface area contributed by atoms with E-state index in [1.807, 2.05) is 19.9 Å². The van der Waals surface area contributed by atoms with E-state index in [1.165, 1.54) is 25.3 Å². The molecule has 1 amide bonds. The number of aromatic nitrogens is 1. The minimum atomic E-state index is -0.409. The molecule has 2 aromatic rings. The molecule has 0 atom stereocenters. The van der Waals surface area contributed by atoms with Gasteiger partial charge in [0.25, 0.3) is 5.91 Å². The van der Waals surface area contributed by atoms with Crippen molar-refractivity contribution < 1.29 is 13.9 Å². The van der Waals surface area contributed by atoms with Gasteiger partial charge in [0.15, 0.2) is 0 Å². The maximum atomic E-state index is 13.2. The van der Waals surface area contributed by atoms with E-state index in [0.717, 1.165) is 11.4 Å². The van der Waals surface area contributed by atoms with Crippen LogP contribution in [0.1, 0.15) is 41.6 Å². The molecule has 0 saturated carbocycles. The Morgan fingerprint density at radius 2 is 1.95 bits per heavy atom. The number of hydrogen-bond donors (Lipinski definition) is 1. The highest BCUT2D eigenvalue weighted by molar-refractivity contribution is 6.06. The van der Waals surface area contributed by atoms with Gasteiger partial charge in [-0.1, -0.05) is 0 Å². The predicted octanol–water partition coefficient (Wildman–Crippen LogP) is 4.09. The molecule has 1 aromatic carbocycles. The Bertz CT molecular complexity index is 705. The molecular weight excluding hydrogens is 283 g/mol. The van der Waals surface area contributed by atoms with Crippen LogP contribution in [0.4, 0.5) is 10.1 Å². The van der Waals surface area contributed by atoms with Gasteiger partial charge in [-0.2, -0.15) is 0 Å². The number of benzene rings is 1. The molecule has 1 heterocycles. The number of nitrogens with one attached hydrogen (secondary N) is 1. The fourth-order valence-electron chi connectivity index (χ4n) is 2.76. The van der Waals surface area contributed by atoms with Gasteiger partial charge in [-0.25, -0.2) is 4.39 Å². The molecule has 0 saturated heterocycles. The molecule has 0 bridgehead atoms. The van der Waals surface area contributed by atoms with Crippen LogP contribution < -0.4 is 10.1 Å². The SMILES string of the molecule is COc1cc(F)ccc1NC(=O)c1cc(C)n(C(C)C)c1C. The van der Waals surface area contributed by atoms with E-state index in [2.05, 4.69) is 23.7 Å². The topological polar surface area (TPSA) is 43.3 Å². The van der Waals surface area contributed by atoms with Crippen LogP contribution in [0, 0.1) is 19.7 Å². The van der Waals surface area contributed by atoms with Crippen molar-refractivity contribution in [2.24, 2.45) is 0 Å². The number of carbonyl (C=O) groups is 1. The minimum Gasteiger partial charge on any atom is -0.494 e. The first-order valence-electron chi connectivity index (χ1n) is 7.18. The highest BCUT2D eigenvalue weighted by atomic mass is 19.1. The van der Waals surface area contributed by atoms with Crippen molar-refractivity contribution >= 4 is 11.6 Å². The Morgan fingerprint density at radius 1 is 1.27 bits per heavy atom. The number of nitrogens with zero attached hydrogens (tertiary/aromatic N) is 1. The predicted molar refractivity (Wildman–Crippen MR) is 85.2 cm³/mol. The monoisotopic (exact) mass is 304 g/mol. The molecule has 0 spiro atoms. The summed E-state index contributed by atoms with van der Waals surface area (Å²) in [6.45, 7) is 8.04. The summed E-state index contributed by atoms with van der Waals surface area (Å²) < 4.78 is 20.4. The fraction of sp³-hybridized carbons (Fsp3) is 0.353. The van der Waals surface area contributed by atoms with Crippen molar-refractivity contribution in [1.82, 2.24) is 4.57 Å². The van der Waals surface area contributed by atoms with Crippen LogP contribution >= 0.6 is 0 Å². The van der Waals surface area contributed by atoms with E-state index in [9.17, 15) is 9.18 Å². The van der Waals surface area contributed by atoms with Crippen LogP contribution in [0.2, 0.25) is 0 Å². The number of ether oxygens (including phenoxy) is 1. The molecule has 4 nitrogen and oxygen atoms in total. The lowest BCUT2D eigenvalue weighted by atomic mass is 10.2. The number of halogens is 1. The van der Waals surface area contributed by atoms with Crippen molar-refractivity contribution in [2.45, 2.75) is 33.7 Å². The lowest BCUT2D eigenvalue weighted by molar-refractivity contribution is 0.102. The summed E-state index contributed by atoms with van der Waals surface area (Å²) in [5.74, 6) is -0.344. The number of amides is 1. The summed E-state index contributed by atoms with van der Waals surface area (Å²) in [6, 6.07) is 6.17. The third kappa shape index (κ3) is 2.98. The molecule has 0 fully saturated rings. The Morgan fingerprint density at radius 3 is 2.50 bits per heavy atom. The van der Waals surface area contributed by atoms with E-state index in [4.69, 9.17) is 4.74 Å². The Kier molecular flexibility index (Phi) is 4.54. The zero-order valence-corrected chi connectivity index (χ0v) is 13.5. The second kappa shape index (κ2) is 6.22. The summed E-state index contributed by atoms with van der Waals surface area (Å²) in [4.78, 5) is 12.5. The van der Waals surface area contributed by atoms with Crippen molar-refractivity contribution in [2.75, 3.05) is 12.4 Å².